The first-order valence-electron chi connectivity index (χ1n) is 4.30. The van der Waals surface area contributed by atoms with Gasteiger partial charge in [-0.2, -0.15) is 0 Å². The zero-order valence-electron chi connectivity index (χ0n) is 7.87. The highest BCUT2D eigenvalue weighted by Crippen LogP contribution is 2.25. The summed E-state index contributed by atoms with van der Waals surface area (Å²) in [5, 5.41) is 1.58. The van der Waals surface area contributed by atoms with Gasteiger partial charge in [-0.15, -0.1) is 0 Å². The van der Waals surface area contributed by atoms with Crippen LogP contribution in [0.1, 0.15) is 23.7 Å². The first kappa shape index (κ1) is 11.5. The molecule has 0 radical (unpaired) electrons. The van der Waals surface area contributed by atoms with Gasteiger partial charge in [0.1, 0.15) is 0 Å². The van der Waals surface area contributed by atoms with Gasteiger partial charge in [-0.3, -0.25) is 4.79 Å². The second kappa shape index (κ2) is 4.80. The monoisotopic (exact) mass is 270 g/mol. The van der Waals surface area contributed by atoms with Crippen LogP contribution >= 0.6 is 28.1 Å². The predicted octanol–water partition coefficient (Wildman–Crippen LogP) is 3.41. The van der Waals surface area contributed by atoms with Gasteiger partial charge >= 0.3 is 0 Å². The highest BCUT2D eigenvalue weighted by molar-refractivity contribution is 9.10. The van der Waals surface area contributed by atoms with E-state index in [-0.39, 0.29) is 5.78 Å². The molecule has 0 spiro atoms. The van der Waals surface area contributed by atoms with Crippen molar-refractivity contribution in [3.63, 3.8) is 0 Å². The maximum Gasteiger partial charge on any atom is 0.179 e. The number of benzene rings is 1. The molecule has 1 atom stereocenters. The summed E-state index contributed by atoms with van der Waals surface area (Å²) in [5.74, 6) is 0.0687. The molecule has 0 fully saturated rings. The second-order valence-corrected chi connectivity index (χ2v) is 5.35. The first-order chi connectivity index (χ1) is 6.58. The molecule has 3 heteroatoms. The summed E-state index contributed by atoms with van der Waals surface area (Å²) >= 11 is 8.16. The van der Waals surface area contributed by atoms with Crippen LogP contribution < -0.4 is 0 Å². The van der Waals surface area contributed by atoms with Crippen molar-refractivity contribution in [1.29, 1.82) is 0 Å². The van der Waals surface area contributed by atoms with Crippen LogP contribution in [-0.2, 0) is 0 Å². The molecular formula is C11H11BrOS. The number of thiocarbonyl (C=S) groups is 1. The summed E-state index contributed by atoms with van der Waals surface area (Å²) in [4.78, 5) is 11.9. The lowest BCUT2D eigenvalue weighted by molar-refractivity contribution is 0.0957. The van der Waals surface area contributed by atoms with Crippen LogP contribution in [0.2, 0.25) is 0 Å². The fourth-order valence-electron chi connectivity index (χ4n) is 1.14. The van der Waals surface area contributed by atoms with Gasteiger partial charge in [-0.25, -0.2) is 0 Å². The lowest BCUT2D eigenvalue weighted by Crippen LogP contribution is -2.28. The molecule has 0 bridgehead atoms. The van der Waals surface area contributed by atoms with Gasteiger partial charge < -0.3 is 0 Å². The average Bonchev–Trinajstić information content (AvgIpc) is 2.18. The molecule has 0 saturated heterocycles. The number of hydrogen-bond acceptors (Lipinski definition) is 2. The van der Waals surface area contributed by atoms with Crippen molar-refractivity contribution in [1.82, 2.24) is 0 Å². The summed E-state index contributed by atoms with van der Waals surface area (Å²) in [7, 11) is 0. The number of ketones is 1. The van der Waals surface area contributed by atoms with E-state index in [1.165, 1.54) is 0 Å². The molecule has 0 amide bonds. The van der Waals surface area contributed by atoms with E-state index in [1.807, 2.05) is 37.3 Å². The van der Waals surface area contributed by atoms with E-state index in [4.69, 9.17) is 12.2 Å². The molecule has 0 aromatic heterocycles. The summed E-state index contributed by atoms with van der Waals surface area (Å²) in [6, 6.07) is 9.22. The fraction of sp³-hybridized carbons (Fsp3) is 0.273. The summed E-state index contributed by atoms with van der Waals surface area (Å²) in [6.07, 6.45) is 0.552. The van der Waals surface area contributed by atoms with Crippen LogP contribution in [0.25, 0.3) is 0 Å². The van der Waals surface area contributed by atoms with Crippen molar-refractivity contribution < 1.29 is 4.79 Å². The Balaban J connectivity index is 2.90. The van der Waals surface area contributed by atoms with E-state index in [0.717, 1.165) is 0 Å². The van der Waals surface area contributed by atoms with Gasteiger partial charge in [0.15, 0.2) is 5.78 Å². The van der Waals surface area contributed by atoms with Gasteiger partial charge in [0.2, 0.25) is 0 Å². The van der Waals surface area contributed by atoms with Crippen LogP contribution in [0.5, 0.6) is 0 Å². The van der Waals surface area contributed by atoms with Crippen LogP contribution in [0.4, 0.5) is 0 Å². The number of halogens is 1. The van der Waals surface area contributed by atoms with Crippen LogP contribution in [0.3, 0.4) is 0 Å². The van der Waals surface area contributed by atoms with Gasteiger partial charge in [0.05, 0.1) is 4.32 Å². The zero-order chi connectivity index (χ0) is 10.6. The average molecular weight is 271 g/mol. The van der Waals surface area contributed by atoms with E-state index in [1.54, 1.807) is 5.37 Å². The fourth-order valence-corrected chi connectivity index (χ4v) is 2.08. The van der Waals surface area contributed by atoms with Crippen molar-refractivity contribution >= 4 is 39.3 Å². The minimum Gasteiger partial charge on any atom is -0.293 e. The Morgan fingerprint density at radius 1 is 1.50 bits per heavy atom. The molecule has 1 aromatic rings. The third-order valence-electron chi connectivity index (χ3n) is 1.98. The maximum atomic E-state index is 11.9. The Kier molecular flexibility index (Phi) is 3.96. The molecular weight excluding hydrogens is 260 g/mol. The van der Waals surface area contributed by atoms with Gasteiger partial charge in [0.25, 0.3) is 0 Å². The van der Waals surface area contributed by atoms with Crippen molar-refractivity contribution in [2.45, 2.75) is 17.7 Å². The Hall–Kier alpha value is -0.540. The second-order valence-electron chi connectivity index (χ2n) is 3.26. The van der Waals surface area contributed by atoms with Gasteiger partial charge in [-0.1, -0.05) is 58.5 Å². The van der Waals surface area contributed by atoms with E-state index in [2.05, 4.69) is 15.9 Å². The quantitative estimate of drug-likeness (QED) is 0.474. The molecule has 0 heterocycles. The number of carbonyl (C=O) groups excluding carboxylic acids is 1. The van der Waals surface area contributed by atoms with E-state index in [9.17, 15) is 4.79 Å². The Labute approximate surface area is 97.6 Å². The standard InChI is InChI=1S/C11H11BrOS/c1-11(12,7-8-14)10(13)9-5-3-2-4-6-9/h2-6,8H,7H2,1H3. The van der Waals surface area contributed by atoms with Crippen molar-refractivity contribution in [2.24, 2.45) is 0 Å². The maximum absolute atomic E-state index is 11.9. The van der Waals surface area contributed by atoms with E-state index >= 15 is 0 Å². The summed E-state index contributed by atoms with van der Waals surface area (Å²) in [6.45, 7) is 1.84. The van der Waals surface area contributed by atoms with Crippen molar-refractivity contribution in [3.05, 3.63) is 35.9 Å². The van der Waals surface area contributed by atoms with Gasteiger partial charge in [0, 0.05) is 5.56 Å². The lowest BCUT2D eigenvalue weighted by atomic mass is 9.97. The normalized spacial score (nSPS) is 14.4. The number of carbonyl (C=O) groups is 1. The smallest absolute Gasteiger partial charge is 0.179 e. The molecule has 14 heavy (non-hydrogen) atoms. The number of hydrogen-bond donors (Lipinski definition) is 0. The Morgan fingerprint density at radius 2 is 2.07 bits per heavy atom. The molecule has 1 unspecified atom stereocenters. The summed E-state index contributed by atoms with van der Waals surface area (Å²) in [5.41, 5.74) is 0.712. The molecule has 1 aromatic carbocycles. The third kappa shape index (κ3) is 2.72. The third-order valence-corrected chi connectivity index (χ3v) is 2.83. The molecule has 0 saturated carbocycles. The topological polar surface area (TPSA) is 17.1 Å². The van der Waals surface area contributed by atoms with Crippen LogP contribution in [0.15, 0.2) is 30.3 Å². The molecule has 0 aliphatic heterocycles. The molecule has 74 valence electrons. The van der Waals surface area contributed by atoms with Gasteiger partial charge in [-0.05, 0) is 18.7 Å². The lowest BCUT2D eigenvalue weighted by Gasteiger charge is -2.18. The SMILES string of the molecule is CC(Br)(CC=S)C(=O)c1ccccc1. The predicted molar refractivity (Wildman–Crippen MR) is 66.4 cm³/mol. The highest BCUT2D eigenvalue weighted by Gasteiger charge is 2.29. The molecule has 0 N–H and O–H groups in total. The molecule has 1 nitrogen and oxygen atoms in total. The largest absolute Gasteiger partial charge is 0.293 e. The Bertz CT molecular complexity index is 332. The number of alkyl halides is 1. The zero-order valence-corrected chi connectivity index (χ0v) is 10.3. The van der Waals surface area contributed by atoms with E-state index in [0.29, 0.717) is 12.0 Å². The minimum atomic E-state index is -0.573. The Morgan fingerprint density at radius 3 is 2.57 bits per heavy atom. The molecule has 1 rings (SSSR count). The van der Waals surface area contributed by atoms with Crippen LogP contribution in [-0.4, -0.2) is 15.5 Å². The molecule has 0 aliphatic rings. The minimum absolute atomic E-state index is 0.0687. The van der Waals surface area contributed by atoms with E-state index < -0.39 is 4.32 Å². The van der Waals surface area contributed by atoms with Crippen LogP contribution in [0, 0.1) is 0 Å². The van der Waals surface area contributed by atoms with Crippen molar-refractivity contribution in [3.8, 4) is 0 Å². The number of Topliss-reactive ketones (excluding diaryl/α,β-unsaturated/α-hetero) is 1. The molecule has 0 aliphatic carbocycles. The summed E-state index contributed by atoms with van der Waals surface area (Å²) < 4.78 is -0.573. The number of rotatable bonds is 4. The highest BCUT2D eigenvalue weighted by atomic mass is 79.9. The van der Waals surface area contributed by atoms with Crippen molar-refractivity contribution in [2.75, 3.05) is 0 Å². The first-order valence-corrected chi connectivity index (χ1v) is 5.57.